The molecule has 2 fully saturated rings. The maximum Gasteiger partial charge on any atom is 0.224 e. The molecule has 30 heavy (non-hydrogen) atoms. The number of ketones is 1. The summed E-state index contributed by atoms with van der Waals surface area (Å²) in [6, 6.07) is 3.64. The maximum atomic E-state index is 13.0. The Labute approximate surface area is 179 Å². The van der Waals surface area contributed by atoms with E-state index < -0.39 is 12.0 Å². The van der Waals surface area contributed by atoms with E-state index in [1.165, 1.54) is 0 Å². The lowest BCUT2D eigenvalue weighted by atomic mass is 9.76. The van der Waals surface area contributed by atoms with E-state index in [0.717, 1.165) is 12.8 Å². The Bertz CT molecular complexity index is 720. The number of carbonyl (C=O) groups is 3. The van der Waals surface area contributed by atoms with Crippen molar-refractivity contribution in [2.24, 2.45) is 29.1 Å². The van der Waals surface area contributed by atoms with Gasteiger partial charge < -0.3 is 10.6 Å². The number of nitriles is 2. The fourth-order valence-electron chi connectivity index (χ4n) is 4.54. The highest BCUT2D eigenvalue weighted by Crippen LogP contribution is 2.33. The summed E-state index contributed by atoms with van der Waals surface area (Å²) < 4.78 is 0. The first-order valence-corrected chi connectivity index (χ1v) is 11.0. The monoisotopic (exact) mass is 414 g/mol. The summed E-state index contributed by atoms with van der Waals surface area (Å²) in [5, 5.41) is 24.1. The van der Waals surface area contributed by atoms with Crippen molar-refractivity contribution in [3.63, 3.8) is 0 Å². The van der Waals surface area contributed by atoms with Crippen molar-refractivity contribution < 1.29 is 14.4 Å². The molecule has 0 unspecified atom stereocenters. The molecule has 3 atom stereocenters. The Morgan fingerprint density at radius 1 is 1.17 bits per heavy atom. The van der Waals surface area contributed by atoms with Crippen LogP contribution in [0.5, 0.6) is 0 Å². The molecule has 0 aromatic heterocycles. The third-order valence-electron chi connectivity index (χ3n) is 6.20. The zero-order chi connectivity index (χ0) is 22.3. The van der Waals surface area contributed by atoms with Gasteiger partial charge in [-0.2, -0.15) is 10.5 Å². The average Bonchev–Trinajstić information content (AvgIpc) is 3.10. The average molecular weight is 415 g/mol. The molecule has 2 N–H and O–H groups in total. The molecule has 0 aromatic rings. The van der Waals surface area contributed by atoms with Crippen LogP contribution in [0.25, 0.3) is 0 Å². The van der Waals surface area contributed by atoms with Crippen LogP contribution < -0.4 is 10.6 Å². The summed E-state index contributed by atoms with van der Waals surface area (Å²) in [7, 11) is 0. The van der Waals surface area contributed by atoms with Crippen LogP contribution in [0, 0.1) is 51.7 Å². The van der Waals surface area contributed by atoms with Gasteiger partial charge in [-0.15, -0.1) is 0 Å². The molecule has 0 bridgehead atoms. The van der Waals surface area contributed by atoms with Gasteiger partial charge in [0, 0.05) is 36.6 Å². The maximum absolute atomic E-state index is 13.0. The molecule has 1 aliphatic heterocycles. The third-order valence-corrected chi connectivity index (χ3v) is 6.20. The lowest BCUT2D eigenvalue weighted by molar-refractivity contribution is -0.133. The number of rotatable bonds is 8. The van der Waals surface area contributed by atoms with Crippen molar-refractivity contribution in [2.45, 2.75) is 78.2 Å². The summed E-state index contributed by atoms with van der Waals surface area (Å²) in [6.07, 6.45) is 4.56. The minimum atomic E-state index is -0.741. The highest BCUT2D eigenvalue weighted by atomic mass is 16.2. The molecule has 1 saturated carbocycles. The Balaban J connectivity index is 1.99. The molecule has 1 aliphatic carbocycles. The van der Waals surface area contributed by atoms with Crippen molar-refractivity contribution >= 4 is 17.6 Å². The summed E-state index contributed by atoms with van der Waals surface area (Å²) in [4.78, 5) is 37.7. The summed E-state index contributed by atoms with van der Waals surface area (Å²) in [5.41, 5.74) is -0.145. The van der Waals surface area contributed by atoms with Gasteiger partial charge in [0.25, 0.3) is 0 Å². The normalized spacial score (nSPS) is 26.0. The van der Waals surface area contributed by atoms with Crippen LogP contribution in [0.1, 0.15) is 72.1 Å². The number of hydrogen-bond donors (Lipinski definition) is 2. The molecule has 1 saturated heterocycles. The van der Waals surface area contributed by atoms with Crippen molar-refractivity contribution in [2.75, 3.05) is 6.54 Å². The molecule has 2 aliphatic rings. The van der Waals surface area contributed by atoms with E-state index in [4.69, 9.17) is 5.26 Å². The smallest absolute Gasteiger partial charge is 0.224 e. The Hall–Kier alpha value is -2.41. The molecule has 1 heterocycles. The first-order valence-electron chi connectivity index (χ1n) is 11.0. The van der Waals surface area contributed by atoms with E-state index in [1.807, 2.05) is 20.8 Å². The van der Waals surface area contributed by atoms with Crippen LogP contribution in [-0.4, -0.2) is 30.2 Å². The van der Waals surface area contributed by atoms with Gasteiger partial charge in [0.05, 0.1) is 12.1 Å². The van der Waals surface area contributed by atoms with Gasteiger partial charge in [-0.05, 0) is 50.4 Å². The van der Waals surface area contributed by atoms with Crippen LogP contribution in [0.4, 0.5) is 0 Å². The topological polar surface area (TPSA) is 123 Å². The third kappa shape index (κ3) is 7.13. The molecule has 2 rings (SSSR count). The lowest BCUT2D eigenvalue weighted by Gasteiger charge is -2.29. The second-order valence-electron chi connectivity index (χ2n) is 10.0. The van der Waals surface area contributed by atoms with Crippen molar-refractivity contribution in [3.05, 3.63) is 0 Å². The van der Waals surface area contributed by atoms with Gasteiger partial charge in [-0.3, -0.25) is 14.4 Å². The molecule has 7 heteroatoms. The molecular weight excluding hydrogens is 380 g/mol. The fourth-order valence-corrected chi connectivity index (χ4v) is 4.54. The number of nitrogens with one attached hydrogen (secondary N) is 2. The van der Waals surface area contributed by atoms with Crippen molar-refractivity contribution in [1.82, 2.24) is 10.6 Å². The SMILES string of the molecule is CC(C)(C)C[C@H](CC(=O)C1CCC(C#N)CC1)C(=O)N[C@H](C#N)C[C@@H]1CCNC1=O. The van der Waals surface area contributed by atoms with Gasteiger partial charge in [-0.25, -0.2) is 0 Å². The Morgan fingerprint density at radius 3 is 2.33 bits per heavy atom. The number of Topliss-reactive ketones (excluding diaryl/α,β-unsaturated/α-hetero) is 1. The first-order chi connectivity index (χ1) is 14.1. The van der Waals surface area contributed by atoms with Crippen molar-refractivity contribution in [3.8, 4) is 12.1 Å². The highest BCUT2D eigenvalue weighted by molar-refractivity contribution is 5.88. The van der Waals surface area contributed by atoms with E-state index in [-0.39, 0.29) is 47.2 Å². The van der Waals surface area contributed by atoms with E-state index in [2.05, 4.69) is 22.8 Å². The van der Waals surface area contributed by atoms with Crippen LogP contribution in [0.15, 0.2) is 0 Å². The lowest BCUT2D eigenvalue weighted by Crippen LogP contribution is -2.42. The first kappa shape index (κ1) is 23.9. The highest BCUT2D eigenvalue weighted by Gasteiger charge is 2.34. The zero-order valence-corrected chi connectivity index (χ0v) is 18.4. The van der Waals surface area contributed by atoms with Gasteiger partial charge >= 0.3 is 0 Å². The summed E-state index contributed by atoms with van der Waals surface area (Å²) in [6.45, 7) is 6.69. The van der Waals surface area contributed by atoms with Gasteiger partial charge in [0.1, 0.15) is 11.8 Å². The van der Waals surface area contributed by atoms with Crippen LogP contribution in [0.2, 0.25) is 0 Å². The zero-order valence-electron chi connectivity index (χ0n) is 18.4. The van der Waals surface area contributed by atoms with E-state index in [9.17, 15) is 19.6 Å². The minimum absolute atomic E-state index is 0.0342. The number of hydrogen-bond acceptors (Lipinski definition) is 5. The summed E-state index contributed by atoms with van der Waals surface area (Å²) >= 11 is 0. The predicted octanol–water partition coefficient (Wildman–Crippen LogP) is 2.86. The van der Waals surface area contributed by atoms with Gasteiger partial charge in [-0.1, -0.05) is 20.8 Å². The van der Waals surface area contributed by atoms with Gasteiger partial charge in [0.15, 0.2) is 0 Å². The largest absolute Gasteiger partial charge is 0.356 e. The van der Waals surface area contributed by atoms with E-state index in [1.54, 1.807) is 0 Å². The van der Waals surface area contributed by atoms with Gasteiger partial charge in [0.2, 0.25) is 11.8 Å². The van der Waals surface area contributed by atoms with E-state index in [0.29, 0.717) is 38.6 Å². The number of nitrogens with zero attached hydrogens (tertiary/aromatic N) is 2. The molecular formula is C23H34N4O3. The number of amides is 2. The molecule has 7 nitrogen and oxygen atoms in total. The Morgan fingerprint density at radius 2 is 1.83 bits per heavy atom. The summed E-state index contributed by atoms with van der Waals surface area (Å²) in [5.74, 6) is -1.08. The fraction of sp³-hybridized carbons (Fsp3) is 0.783. The Kier molecular flexibility index (Phi) is 8.41. The predicted molar refractivity (Wildman–Crippen MR) is 112 cm³/mol. The minimum Gasteiger partial charge on any atom is -0.356 e. The molecule has 164 valence electrons. The molecule has 2 amide bonds. The molecule has 0 radical (unpaired) electrons. The van der Waals surface area contributed by atoms with E-state index >= 15 is 0 Å². The molecule has 0 aromatic carbocycles. The second kappa shape index (κ2) is 10.6. The standard InChI is InChI=1S/C23H34N4O3/c1-23(2,3)12-18(11-20(28)16-6-4-15(13-24)5-7-16)22(30)27-19(14-25)10-17-8-9-26-21(17)29/h15-19H,4-12H2,1-3H3,(H,26,29)(H,27,30)/t15?,16?,17-,18-,19-/m0/s1. The van der Waals surface area contributed by atoms with Crippen LogP contribution >= 0.6 is 0 Å². The molecule has 0 spiro atoms. The van der Waals surface area contributed by atoms with Crippen LogP contribution in [0.3, 0.4) is 0 Å². The van der Waals surface area contributed by atoms with Crippen LogP contribution in [-0.2, 0) is 14.4 Å². The van der Waals surface area contributed by atoms with Crippen molar-refractivity contribution in [1.29, 1.82) is 10.5 Å². The second-order valence-corrected chi connectivity index (χ2v) is 10.0. The number of carbonyl (C=O) groups excluding carboxylic acids is 3. The quantitative estimate of drug-likeness (QED) is 0.632.